The summed E-state index contributed by atoms with van der Waals surface area (Å²) in [5, 5.41) is 3.31. The van der Waals surface area contributed by atoms with Crippen LogP contribution in [0.5, 0.6) is 5.75 Å². The number of nitrogens with one attached hydrogen (secondary N) is 1. The number of ether oxygens (including phenoxy) is 1. The molecule has 0 spiro atoms. The van der Waals surface area contributed by atoms with Crippen LogP contribution in [-0.4, -0.2) is 37.8 Å². The highest BCUT2D eigenvalue weighted by atomic mass is 35.5. The third kappa shape index (κ3) is 5.72. The van der Waals surface area contributed by atoms with Crippen LogP contribution < -0.4 is 10.1 Å². The minimum Gasteiger partial charge on any atom is -0.481 e. The Kier molecular flexibility index (Phi) is 7.16. The molecule has 8 heteroatoms. The van der Waals surface area contributed by atoms with E-state index in [2.05, 4.69) is 5.32 Å². The van der Waals surface area contributed by atoms with E-state index in [9.17, 15) is 13.2 Å². The van der Waals surface area contributed by atoms with Gasteiger partial charge in [-0.3, -0.25) is 4.79 Å². The van der Waals surface area contributed by atoms with Gasteiger partial charge in [-0.05, 0) is 62.2 Å². The highest BCUT2D eigenvalue weighted by molar-refractivity contribution is 7.89. The first-order chi connectivity index (χ1) is 13.9. The van der Waals surface area contributed by atoms with Crippen molar-refractivity contribution in [3.8, 4) is 5.75 Å². The van der Waals surface area contributed by atoms with Gasteiger partial charge in [0, 0.05) is 23.8 Å². The molecule has 0 radical (unpaired) electrons. The van der Waals surface area contributed by atoms with E-state index in [4.69, 9.17) is 16.3 Å². The van der Waals surface area contributed by atoms with Gasteiger partial charge in [0.1, 0.15) is 5.75 Å². The molecule has 0 bridgehead atoms. The van der Waals surface area contributed by atoms with E-state index >= 15 is 0 Å². The first-order valence-electron chi connectivity index (χ1n) is 9.69. The number of amides is 1. The molecule has 1 aliphatic rings. The van der Waals surface area contributed by atoms with Crippen LogP contribution >= 0.6 is 11.6 Å². The van der Waals surface area contributed by atoms with Crippen LogP contribution in [0.1, 0.15) is 32.6 Å². The topological polar surface area (TPSA) is 75.7 Å². The molecule has 1 N–H and O–H groups in total. The second kappa shape index (κ2) is 9.61. The number of hydrogen-bond acceptors (Lipinski definition) is 4. The Morgan fingerprint density at radius 3 is 2.38 bits per heavy atom. The second-order valence-corrected chi connectivity index (χ2v) is 9.42. The Morgan fingerprint density at radius 1 is 1.07 bits per heavy atom. The van der Waals surface area contributed by atoms with Crippen LogP contribution in [-0.2, 0) is 14.8 Å². The molecule has 3 rings (SSSR count). The normalized spacial score (nSPS) is 16.6. The highest BCUT2D eigenvalue weighted by Gasteiger charge is 2.25. The Balaban J connectivity index is 1.68. The molecular weight excluding hydrogens is 412 g/mol. The van der Waals surface area contributed by atoms with Crippen molar-refractivity contribution < 1.29 is 17.9 Å². The van der Waals surface area contributed by atoms with Gasteiger partial charge in [0.25, 0.3) is 5.91 Å². The summed E-state index contributed by atoms with van der Waals surface area (Å²) >= 11 is 5.85. The zero-order valence-electron chi connectivity index (χ0n) is 16.3. The summed E-state index contributed by atoms with van der Waals surface area (Å²) in [5.41, 5.74) is 0.414. The quantitative estimate of drug-likeness (QED) is 0.732. The lowest BCUT2D eigenvalue weighted by molar-refractivity contribution is -0.122. The van der Waals surface area contributed by atoms with Crippen molar-refractivity contribution in [2.45, 2.75) is 43.6 Å². The Bertz CT molecular complexity index is 939. The summed E-state index contributed by atoms with van der Waals surface area (Å²) in [4.78, 5) is 12.7. The Hall–Kier alpha value is -2.09. The lowest BCUT2D eigenvalue weighted by Gasteiger charge is -2.20. The van der Waals surface area contributed by atoms with Crippen LogP contribution in [0.3, 0.4) is 0 Å². The number of carbonyl (C=O) groups is 1. The molecule has 1 aliphatic heterocycles. The Labute approximate surface area is 176 Å². The van der Waals surface area contributed by atoms with Gasteiger partial charge in [0.2, 0.25) is 10.0 Å². The number of nitrogens with zero attached hydrogens (tertiary/aromatic N) is 1. The van der Waals surface area contributed by atoms with Crippen molar-refractivity contribution in [1.82, 2.24) is 4.31 Å². The average molecular weight is 437 g/mol. The summed E-state index contributed by atoms with van der Waals surface area (Å²) in [6.07, 6.45) is 3.08. The van der Waals surface area contributed by atoms with E-state index in [1.54, 1.807) is 49.4 Å². The van der Waals surface area contributed by atoms with Crippen molar-refractivity contribution in [3.05, 3.63) is 53.6 Å². The minimum absolute atomic E-state index is 0.184. The van der Waals surface area contributed by atoms with Crippen LogP contribution in [0.15, 0.2) is 53.4 Å². The molecule has 29 heavy (non-hydrogen) atoms. The number of hydrogen-bond donors (Lipinski definition) is 1. The number of rotatable bonds is 6. The van der Waals surface area contributed by atoms with Crippen LogP contribution in [0.4, 0.5) is 5.69 Å². The van der Waals surface area contributed by atoms with Gasteiger partial charge in [0.15, 0.2) is 6.10 Å². The molecule has 2 aromatic rings. The first-order valence-corrected chi connectivity index (χ1v) is 11.5. The van der Waals surface area contributed by atoms with Gasteiger partial charge >= 0.3 is 0 Å². The maximum atomic E-state index is 13.0. The molecule has 2 aromatic carbocycles. The van der Waals surface area contributed by atoms with Gasteiger partial charge in [0.05, 0.1) is 4.90 Å². The minimum atomic E-state index is -3.58. The number of sulfonamides is 1. The molecule has 1 atom stereocenters. The summed E-state index contributed by atoms with van der Waals surface area (Å²) in [7, 11) is -3.58. The van der Waals surface area contributed by atoms with Crippen molar-refractivity contribution in [2.75, 3.05) is 18.4 Å². The van der Waals surface area contributed by atoms with E-state index in [0.29, 0.717) is 29.5 Å². The summed E-state index contributed by atoms with van der Waals surface area (Å²) in [6, 6.07) is 13.1. The van der Waals surface area contributed by atoms with Crippen molar-refractivity contribution >= 4 is 33.2 Å². The van der Waals surface area contributed by atoms with Crippen LogP contribution in [0, 0.1) is 0 Å². The molecular formula is C21H25ClN2O4S. The molecule has 156 valence electrons. The van der Waals surface area contributed by atoms with E-state index in [0.717, 1.165) is 25.7 Å². The van der Waals surface area contributed by atoms with E-state index in [1.165, 1.54) is 10.4 Å². The van der Waals surface area contributed by atoms with Gasteiger partial charge < -0.3 is 10.1 Å². The summed E-state index contributed by atoms with van der Waals surface area (Å²) < 4.78 is 33.1. The molecule has 1 amide bonds. The number of anilines is 1. The standard InChI is InChI=1S/C21H25ClN2O4S/c1-16(28-19-11-9-17(22)10-12-19)21(25)23-18-7-6-8-20(15-18)29(26,27)24-13-4-2-3-5-14-24/h6-12,15-16H,2-5,13-14H2,1H3,(H,23,25). The maximum Gasteiger partial charge on any atom is 0.265 e. The van der Waals surface area contributed by atoms with Gasteiger partial charge in [-0.1, -0.05) is 30.5 Å². The maximum absolute atomic E-state index is 13.0. The van der Waals surface area contributed by atoms with Crippen LogP contribution in [0.25, 0.3) is 0 Å². The molecule has 1 unspecified atom stereocenters. The predicted molar refractivity (Wildman–Crippen MR) is 114 cm³/mol. The summed E-state index contributed by atoms with van der Waals surface area (Å²) in [5.74, 6) is 0.152. The molecule has 0 saturated carbocycles. The first kappa shape index (κ1) is 21.6. The van der Waals surface area contributed by atoms with E-state index in [1.807, 2.05) is 0 Å². The fraction of sp³-hybridized carbons (Fsp3) is 0.381. The predicted octanol–water partition coefficient (Wildman–Crippen LogP) is 4.31. The second-order valence-electron chi connectivity index (χ2n) is 7.05. The Morgan fingerprint density at radius 2 is 1.72 bits per heavy atom. The van der Waals surface area contributed by atoms with Crippen LogP contribution in [0.2, 0.25) is 5.02 Å². The molecule has 1 saturated heterocycles. The van der Waals surface area contributed by atoms with Crippen molar-refractivity contribution in [2.24, 2.45) is 0 Å². The summed E-state index contributed by atoms with van der Waals surface area (Å²) in [6.45, 7) is 2.69. The molecule has 1 heterocycles. The third-order valence-electron chi connectivity index (χ3n) is 4.80. The average Bonchev–Trinajstić information content (AvgIpc) is 3.00. The highest BCUT2D eigenvalue weighted by Crippen LogP contribution is 2.23. The zero-order valence-corrected chi connectivity index (χ0v) is 17.9. The van der Waals surface area contributed by atoms with Gasteiger partial charge in [-0.15, -0.1) is 0 Å². The van der Waals surface area contributed by atoms with E-state index < -0.39 is 16.1 Å². The largest absolute Gasteiger partial charge is 0.481 e. The third-order valence-corrected chi connectivity index (χ3v) is 6.95. The number of benzene rings is 2. The molecule has 1 fully saturated rings. The SMILES string of the molecule is CC(Oc1ccc(Cl)cc1)C(=O)Nc1cccc(S(=O)(=O)N2CCCCCC2)c1. The lowest BCUT2D eigenvalue weighted by atomic mass is 10.2. The van der Waals surface area contributed by atoms with Gasteiger partial charge in [-0.2, -0.15) is 4.31 Å². The fourth-order valence-corrected chi connectivity index (χ4v) is 4.87. The monoisotopic (exact) mass is 436 g/mol. The van der Waals surface area contributed by atoms with Crippen molar-refractivity contribution in [3.63, 3.8) is 0 Å². The number of carbonyl (C=O) groups excluding carboxylic acids is 1. The fourth-order valence-electron chi connectivity index (χ4n) is 3.18. The molecule has 0 aliphatic carbocycles. The van der Waals surface area contributed by atoms with Crippen molar-refractivity contribution in [1.29, 1.82) is 0 Å². The van der Waals surface area contributed by atoms with Gasteiger partial charge in [-0.25, -0.2) is 8.42 Å². The molecule has 6 nitrogen and oxygen atoms in total. The number of halogens is 1. The van der Waals surface area contributed by atoms with E-state index in [-0.39, 0.29) is 10.8 Å². The zero-order chi connectivity index (χ0) is 20.9. The smallest absolute Gasteiger partial charge is 0.265 e. The molecule has 0 aromatic heterocycles. The lowest BCUT2D eigenvalue weighted by Crippen LogP contribution is -2.32.